The van der Waals surface area contributed by atoms with Gasteiger partial charge in [-0.25, -0.2) is 0 Å². The van der Waals surface area contributed by atoms with Crippen LogP contribution in [-0.4, -0.2) is 69.6 Å². The molecule has 3 saturated heterocycles. The molecule has 2 bridgehead atoms. The fraction of sp³-hybridized carbons (Fsp3) is 0.870. The lowest BCUT2D eigenvalue weighted by Gasteiger charge is -2.34. The van der Waals surface area contributed by atoms with Crippen LogP contribution >= 0.6 is 11.8 Å². The standard InChI is InChI=1S/C23H38N2O5S/c1-4-6-8-13-24-19(27)18-23-12-11-22(3,31-23)17(21(29)30-5-2)16(23)20(28)25(18)14-9-7-10-15-26/h16-18,26H,4-15H2,1-3H3,(H,24,27)/t16-,17-,18?,22+,23?/m0/s1. The first-order valence-electron chi connectivity index (χ1n) is 11.9. The van der Waals surface area contributed by atoms with Gasteiger partial charge >= 0.3 is 5.97 Å². The normalized spacial score (nSPS) is 33.6. The molecule has 7 nitrogen and oxygen atoms in total. The van der Waals surface area contributed by atoms with Gasteiger partial charge in [0.2, 0.25) is 11.8 Å². The van der Waals surface area contributed by atoms with Crippen LogP contribution in [0.2, 0.25) is 0 Å². The first-order chi connectivity index (χ1) is 14.9. The van der Waals surface area contributed by atoms with Gasteiger partial charge in [-0.2, -0.15) is 0 Å². The maximum atomic E-state index is 13.7. The average molecular weight is 455 g/mol. The Morgan fingerprint density at radius 3 is 2.65 bits per heavy atom. The fourth-order valence-electron chi connectivity index (χ4n) is 5.81. The largest absolute Gasteiger partial charge is 0.466 e. The van der Waals surface area contributed by atoms with Crippen LogP contribution in [0, 0.1) is 11.8 Å². The topological polar surface area (TPSA) is 95.9 Å². The van der Waals surface area contributed by atoms with E-state index in [2.05, 4.69) is 19.2 Å². The van der Waals surface area contributed by atoms with Crippen LogP contribution in [0.1, 0.15) is 72.1 Å². The number of nitrogens with zero attached hydrogens (tertiary/aromatic N) is 1. The van der Waals surface area contributed by atoms with E-state index >= 15 is 0 Å². The van der Waals surface area contributed by atoms with Gasteiger partial charge in [-0.15, -0.1) is 11.8 Å². The summed E-state index contributed by atoms with van der Waals surface area (Å²) in [5.41, 5.74) is 0. The van der Waals surface area contributed by atoms with Crippen molar-refractivity contribution >= 4 is 29.5 Å². The lowest BCUT2D eigenvalue weighted by atomic mass is 9.66. The Morgan fingerprint density at radius 1 is 1.19 bits per heavy atom. The number of likely N-dealkylation sites (tertiary alicyclic amines) is 1. The van der Waals surface area contributed by atoms with E-state index < -0.39 is 22.6 Å². The number of aliphatic hydroxyl groups is 1. The molecule has 3 aliphatic heterocycles. The van der Waals surface area contributed by atoms with Crippen LogP contribution in [-0.2, 0) is 19.1 Å². The SMILES string of the molecule is CCCCCNC(=O)C1N(CCCCCO)C(=O)[C@@H]2[C@@H](C(=O)OCC)[C@@]3(C)CCC12S3. The Hall–Kier alpha value is -1.28. The molecule has 0 saturated carbocycles. The third kappa shape index (κ3) is 4.34. The molecule has 2 unspecified atom stereocenters. The monoisotopic (exact) mass is 454 g/mol. The van der Waals surface area contributed by atoms with Gasteiger partial charge in [0.1, 0.15) is 6.04 Å². The Bertz CT molecular complexity index is 689. The number of rotatable bonds is 12. The molecule has 8 heteroatoms. The minimum Gasteiger partial charge on any atom is -0.466 e. The molecule has 31 heavy (non-hydrogen) atoms. The number of carbonyl (C=O) groups is 3. The zero-order valence-corrected chi connectivity index (χ0v) is 20.0. The Morgan fingerprint density at radius 2 is 1.97 bits per heavy atom. The van der Waals surface area contributed by atoms with Crippen LogP contribution in [0.4, 0.5) is 0 Å². The van der Waals surface area contributed by atoms with E-state index in [0.717, 1.165) is 44.9 Å². The van der Waals surface area contributed by atoms with Gasteiger partial charge in [0.05, 0.1) is 23.2 Å². The summed E-state index contributed by atoms with van der Waals surface area (Å²) in [5, 5.41) is 12.2. The molecular weight excluding hydrogens is 416 g/mol. The number of fused-ring (bicyclic) bond motifs is 1. The highest BCUT2D eigenvalue weighted by Gasteiger charge is 2.77. The summed E-state index contributed by atoms with van der Waals surface area (Å²) in [4.78, 5) is 41.7. The van der Waals surface area contributed by atoms with E-state index in [9.17, 15) is 14.4 Å². The summed E-state index contributed by atoms with van der Waals surface area (Å²) < 4.78 is 4.46. The molecule has 3 aliphatic rings. The predicted molar refractivity (Wildman–Crippen MR) is 121 cm³/mol. The summed E-state index contributed by atoms with van der Waals surface area (Å²) in [7, 11) is 0. The molecular formula is C23H38N2O5S. The van der Waals surface area contributed by atoms with Crippen LogP contribution < -0.4 is 5.32 Å². The number of aliphatic hydroxyl groups excluding tert-OH is 1. The molecule has 3 heterocycles. The first kappa shape index (κ1) is 24.4. The summed E-state index contributed by atoms with van der Waals surface area (Å²) in [6.07, 6.45) is 6.85. The second kappa shape index (κ2) is 10.1. The highest BCUT2D eigenvalue weighted by Crippen LogP contribution is 2.71. The van der Waals surface area contributed by atoms with Gasteiger partial charge in [0, 0.05) is 24.4 Å². The van der Waals surface area contributed by atoms with E-state index in [1.165, 1.54) is 0 Å². The van der Waals surface area contributed by atoms with Crippen molar-refractivity contribution in [3.63, 3.8) is 0 Å². The maximum absolute atomic E-state index is 13.7. The van der Waals surface area contributed by atoms with Crippen molar-refractivity contribution in [2.75, 3.05) is 26.3 Å². The Balaban J connectivity index is 1.87. The number of nitrogens with one attached hydrogen (secondary N) is 1. The van der Waals surface area contributed by atoms with Crippen LogP contribution in [0.25, 0.3) is 0 Å². The number of thioether (sulfide) groups is 1. The molecule has 0 aromatic rings. The second-order valence-corrected chi connectivity index (χ2v) is 11.2. The highest BCUT2D eigenvalue weighted by molar-refractivity contribution is 8.02. The summed E-state index contributed by atoms with van der Waals surface area (Å²) >= 11 is 1.68. The summed E-state index contributed by atoms with van der Waals surface area (Å²) in [5.74, 6) is -1.47. The average Bonchev–Trinajstić information content (AvgIpc) is 3.30. The van der Waals surface area contributed by atoms with Crippen molar-refractivity contribution in [3.05, 3.63) is 0 Å². The number of esters is 1. The van der Waals surface area contributed by atoms with Gasteiger partial charge in [-0.05, 0) is 52.4 Å². The Kier molecular flexibility index (Phi) is 7.95. The number of carbonyl (C=O) groups excluding carboxylic acids is 3. The predicted octanol–water partition coefficient (Wildman–Crippen LogP) is 2.50. The molecule has 1 spiro atoms. The smallest absolute Gasteiger partial charge is 0.311 e. The van der Waals surface area contributed by atoms with Crippen molar-refractivity contribution in [2.24, 2.45) is 11.8 Å². The van der Waals surface area contributed by atoms with E-state index in [0.29, 0.717) is 19.5 Å². The van der Waals surface area contributed by atoms with Crippen LogP contribution in [0.3, 0.4) is 0 Å². The van der Waals surface area contributed by atoms with Gasteiger partial charge in [0.15, 0.2) is 0 Å². The lowest BCUT2D eigenvalue weighted by molar-refractivity contribution is -0.155. The van der Waals surface area contributed by atoms with E-state index in [1.807, 2.05) is 0 Å². The molecule has 0 aliphatic carbocycles. The van der Waals surface area contributed by atoms with Crippen LogP contribution in [0.5, 0.6) is 0 Å². The Labute approximate surface area is 190 Å². The van der Waals surface area contributed by atoms with Crippen molar-refractivity contribution in [3.8, 4) is 0 Å². The molecule has 5 atom stereocenters. The summed E-state index contributed by atoms with van der Waals surface area (Å²) in [6, 6.07) is -0.549. The van der Waals surface area contributed by atoms with E-state index in [4.69, 9.17) is 9.84 Å². The quantitative estimate of drug-likeness (QED) is 0.347. The molecule has 0 radical (unpaired) electrons. The minimum atomic E-state index is -0.560. The van der Waals surface area contributed by atoms with Gasteiger partial charge in [-0.3, -0.25) is 14.4 Å². The van der Waals surface area contributed by atoms with Gasteiger partial charge < -0.3 is 20.1 Å². The fourth-order valence-corrected chi connectivity index (χ4v) is 8.16. The van der Waals surface area contributed by atoms with Gasteiger partial charge in [-0.1, -0.05) is 19.8 Å². The first-order valence-corrected chi connectivity index (χ1v) is 12.7. The van der Waals surface area contributed by atoms with Crippen molar-refractivity contribution in [1.29, 1.82) is 0 Å². The zero-order chi connectivity index (χ0) is 22.6. The molecule has 3 fully saturated rings. The maximum Gasteiger partial charge on any atom is 0.311 e. The van der Waals surface area contributed by atoms with E-state index in [-0.39, 0.29) is 35.7 Å². The number of unbranched alkanes of at least 4 members (excludes halogenated alkanes) is 4. The number of amides is 2. The minimum absolute atomic E-state index is 0.0771. The molecule has 0 aromatic heterocycles. The van der Waals surface area contributed by atoms with Crippen molar-refractivity contribution in [1.82, 2.24) is 10.2 Å². The molecule has 2 amide bonds. The molecule has 3 rings (SSSR count). The second-order valence-electron chi connectivity index (χ2n) is 9.29. The summed E-state index contributed by atoms with van der Waals surface area (Å²) in [6.45, 7) is 7.47. The molecule has 0 aromatic carbocycles. The zero-order valence-electron chi connectivity index (χ0n) is 19.2. The van der Waals surface area contributed by atoms with E-state index in [1.54, 1.807) is 23.6 Å². The lowest BCUT2D eigenvalue weighted by Crippen LogP contribution is -2.53. The molecule has 176 valence electrons. The molecule has 2 N–H and O–H groups in total. The van der Waals surface area contributed by atoms with Crippen molar-refractivity contribution < 1.29 is 24.2 Å². The van der Waals surface area contributed by atoms with Crippen LogP contribution in [0.15, 0.2) is 0 Å². The third-order valence-electron chi connectivity index (χ3n) is 7.20. The van der Waals surface area contributed by atoms with Gasteiger partial charge in [0.25, 0.3) is 0 Å². The number of hydrogen-bond acceptors (Lipinski definition) is 6. The highest BCUT2D eigenvalue weighted by atomic mass is 32.2. The third-order valence-corrected chi connectivity index (χ3v) is 9.19. The van der Waals surface area contributed by atoms with Crippen molar-refractivity contribution in [2.45, 2.75) is 87.7 Å². The number of ether oxygens (including phenoxy) is 1. The number of hydrogen-bond donors (Lipinski definition) is 2.